The molecular formula is C15H21N3O. The quantitative estimate of drug-likeness (QED) is 0.897. The molecule has 0 aliphatic rings. The molecule has 102 valence electrons. The Balaban J connectivity index is 2.03. The van der Waals surface area contributed by atoms with Gasteiger partial charge in [0.1, 0.15) is 0 Å². The van der Waals surface area contributed by atoms with E-state index in [1.165, 1.54) is 11.1 Å². The first-order valence-corrected chi connectivity index (χ1v) is 6.49. The van der Waals surface area contributed by atoms with Gasteiger partial charge in [0, 0.05) is 7.05 Å². The number of aromatic nitrogens is 2. The van der Waals surface area contributed by atoms with E-state index in [2.05, 4.69) is 36.3 Å². The second kappa shape index (κ2) is 5.89. The van der Waals surface area contributed by atoms with Gasteiger partial charge in [-0.3, -0.25) is 4.68 Å². The molecule has 1 heterocycles. The van der Waals surface area contributed by atoms with Crippen LogP contribution in [0.15, 0.2) is 30.5 Å². The molecule has 0 spiro atoms. The van der Waals surface area contributed by atoms with Crippen LogP contribution in [-0.4, -0.2) is 16.9 Å². The van der Waals surface area contributed by atoms with E-state index in [1.807, 2.05) is 7.05 Å². The molecule has 1 aromatic heterocycles. The van der Waals surface area contributed by atoms with Crippen molar-refractivity contribution < 1.29 is 4.74 Å². The van der Waals surface area contributed by atoms with Crippen molar-refractivity contribution in [3.63, 3.8) is 0 Å². The number of rotatable bonds is 5. The Hall–Kier alpha value is -1.81. The standard InChI is InChI=1S/C15H21N3O/c1-11-4-6-12(7-5-11)8-9-13(16)15-14(19-3)10-17-18(15)2/h4-7,10,13H,8-9,16H2,1-3H3. The van der Waals surface area contributed by atoms with Crippen molar-refractivity contribution >= 4 is 0 Å². The van der Waals surface area contributed by atoms with Crippen LogP contribution in [0.5, 0.6) is 5.75 Å². The summed E-state index contributed by atoms with van der Waals surface area (Å²) in [6.45, 7) is 2.09. The van der Waals surface area contributed by atoms with Crippen LogP contribution in [0.1, 0.15) is 29.3 Å². The molecule has 0 aliphatic carbocycles. The molecule has 1 aromatic carbocycles. The van der Waals surface area contributed by atoms with Crippen LogP contribution >= 0.6 is 0 Å². The van der Waals surface area contributed by atoms with Gasteiger partial charge in [-0.1, -0.05) is 29.8 Å². The van der Waals surface area contributed by atoms with Crippen molar-refractivity contribution in [1.82, 2.24) is 9.78 Å². The summed E-state index contributed by atoms with van der Waals surface area (Å²) in [5, 5.41) is 4.19. The van der Waals surface area contributed by atoms with Crippen LogP contribution in [0.25, 0.3) is 0 Å². The van der Waals surface area contributed by atoms with Crippen molar-refractivity contribution in [2.75, 3.05) is 7.11 Å². The summed E-state index contributed by atoms with van der Waals surface area (Å²) < 4.78 is 7.08. The first-order valence-electron chi connectivity index (χ1n) is 6.49. The SMILES string of the molecule is COc1cnn(C)c1C(N)CCc1ccc(C)cc1. The largest absolute Gasteiger partial charge is 0.493 e. The van der Waals surface area contributed by atoms with Crippen molar-refractivity contribution in [2.45, 2.75) is 25.8 Å². The minimum Gasteiger partial charge on any atom is -0.493 e. The summed E-state index contributed by atoms with van der Waals surface area (Å²) in [6.07, 6.45) is 3.54. The molecule has 0 saturated heterocycles. The molecule has 0 amide bonds. The van der Waals surface area contributed by atoms with E-state index in [9.17, 15) is 0 Å². The Kier molecular flexibility index (Phi) is 4.22. The summed E-state index contributed by atoms with van der Waals surface area (Å²) in [6, 6.07) is 8.51. The van der Waals surface area contributed by atoms with E-state index in [0.29, 0.717) is 0 Å². The fourth-order valence-corrected chi connectivity index (χ4v) is 2.22. The van der Waals surface area contributed by atoms with Crippen LogP contribution in [0.3, 0.4) is 0 Å². The summed E-state index contributed by atoms with van der Waals surface area (Å²) in [5.74, 6) is 0.763. The lowest BCUT2D eigenvalue weighted by Crippen LogP contribution is -2.16. The molecule has 2 rings (SSSR count). The number of methoxy groups -OCH3 is 1. The third-order valence-corrected chi connectivity index (χ3v) is 3.39. The van der Waals surface area contributed by atoms with Crippen LogP contribution in [0, 0.1) is 6.92 Å². The summed E-state index contributed by atoms with van der Waals surface area (Å²) in [7, 11) is 3.54. The summed E-state index contributed by atoms with van der Waals surface area (Å²) in [4.78, 5) is 0. The van der Waals surface area contributed by atoms with Crippen molar-refractivity contribution in [3.8, 4) is 5.75 Å². The van der Waals surface area contributed by atoms with Gasteiger partial charge in [0.2, 0.25) is 0 Å². The highest BCUT2D eigenvalue weighted by Gasteiger charge is 2.16. The second-order valence-corrected chi connectivity index (χ2v) is 4.85. The zero-order valence-corrected chi connectivity index (χ0v) is 11.8. The van der Waals surface area contributed by atoms with Gasteiger partial charge in [0.05, 0.1) is 25.0 Å². The Morgan fingerprint density at radius 1 is 1.32 bits per heavy atom. The number of nitrogens with two attached hydrogens (primary N) is 1. The highest BCUT2D eigenvalue weighted by atomic mass is 16.5. The smallest absolute Gasteiger partial charge is 0.161 e. The predicted molar refractivity (Wildman–Crippen MR) is 76.2 cm³/mol. The maximum Gasteiger partial charge on any atom is 0.161 e. The molecule has 0 saturated carbocycles. The number of aryl methyl sites for hydroxylation is 3. The molecule has 0 radical (unpaired) electrons. The monoisotopic (exact) mass is 259 g/mol. The second-order valence-electron chi connectivity index (χ2n) is 4.85. The molecule has 0 aliphatic heterocycles. The number of nitrogens with zero attached hydrogens (tertiary/aromatic N) is 2. The lowest BCUT2D eigenvalue weighted by atomic mass is 10.0. The van der Waals surface area contributed by atoms with Crippen molar-refractivity contribution in [3.05, 3.63) is 47.3 Å². The van der Waals surface area contributed by atoms with Crippen LogP contribution < -0.4 is 10.5 Å². The van der Waals surface area contributed by atoms with Gasteiger partial charge in [-0.25, -0.2) is 0 Å². The predicted octanol–water partition coefficient (Wildman–Crippen LogP) is 2.37. The van der Waals surface area contributed by atoms with E-state index in [0.717, 1.165) is 24.3 Å². The van der Waals surface area contributed by atoms with E-state index in [4.69, 9.17) is 10.5 Å². The Morgan fingerprint density at radius 2 is 2.00 bits per heavy atom. The summed E-state index contributed by atoms with van der Waals surface area (Å²) >= 11 is 0. The normalized spacial score (nSPS) is 12.4. The van der Waals surface area contributed by atoms with Crippen molar-refractivity contribution in [1.29, 1.82) is 0 Å². The van der Waals surface area contributed by atoms with Crippen LogP contribution in [0.4, 0.5) is 0 Å². The van der Waals surface area contributed by atoms with Crippen LogP contribution in [-0.2, 0) is 13.5 Å². The number of ether oxygens (including phenoxy) is 1. The van der Waals surface area contributed by atoms with Gasteiger partial charge in [-0.2, -0.15) is 5.10 Å². The average molecular weight is 259 g/mol. The zero-order valence-electron chi connectivity index (χ0n) is 11.8. The fraction of sp³-hybridized carbons (Fsp3) is 0.400. The van der Waals surface area contributed by atoms with Gasteiger partial charge in [-0.15, -0.1) is 0 Å². The number of hydrogen-bond donors (Lipinski definition) is 1. The minimum atomic E-state index is -0.0660. The van der Waals surface area contributed by atoms with Gasteiger partial charge in [0.25, 0.3) is 0 Å². The third kappa shape index (κ3) is 3.15. The highest BCUT2D eigenvalue weighted by molar-refractivity contribution is 5.28. The fourth-order valence-electron chi connectivity index (χ4n) is 2.22. The molecule has 0 bridgehead atoms. The van der Waals surface area contributed by atoms with E-state index in [-0.39, 0.29) is 6.04 Å². The molecule has 1 unspecified atom stereocenters. The zero-order chi connectivity index (χ0) is 13.8. The lowest BCUT2D eigenvalue weighted by molar-refractivity contribution is 0.401. The van der Waals surface area contributed by atoms with Gasteiger partial charge in [0.15, 0.2) is 5.75 Å². The minimum absolute atomic E-state index is 0.0660. The first-order chi connectivity index (χ1) is 9.11. The highest BCUT2D eigenvalue weighted by Crippen LogP contribution is 2.25. The molecular weight excluding hydrogens is 238 g/mol. The maximum absolute atomic E-state index is 6.25. The van der Waals surface area contributed by atoms with Crippen molar-refractivity contribution in [2.24, 2.45) is 12.8 Å². The van der Waals surface area contributed by atoms with E-state index < -0.39 is 0 Å². The van der Waals surface area contributed by atoms with Crippen LogP contribution in [0.2, 0.25) is 0 Å². The van der Waals surface area contributed by atoms with Gasteiger partial charge < -0.3 is 10.5 Å². The molecule has 0 fully saturated rings. The maximum atomic E-state index is 6.25. The molecule has 2 N–H and O–H groups in total. The van der Waals surface area contributed by atoms with Gasteiger partial charge in [-0.05, 0) is 25.3 Å². The first kappa shape index (κ1) is 13.6. The Labute approximate surface area is 114 Å². The van der Waals surface area contributed by atoms with Gasteiger partial charge >= 0.3 is 0 Å². The molecule has 1 atom stereocenters. The topological polar surface area (TPSA) is 53.1 Å². The number of benzene rings is 1. The molecule has 4 heteroatoms. The van der Waals surface area contributed by atoms with E-state index >= 15 is 0 Å². The third-order valence-electron chi connectivity index (χ3n) is 3.39. The Bertz CT molecular complexity index is 531. The molecule has 19 heavy (non-hydrogen) atoms. The number of hydrogen-bond acceptors (Lipinski definition) is 3. The lowest BCUT2D eigenvalue weighted by Gasteiger charge is -2.14. The summed E-state index contributed by atoms with van der Waals surface area (Å²) in [5.41, 5.74) is 9.79. The average Bonchev–Trinajstić information content (AvgIpc) is 2.79. The Morgan fingerprint density at radius 3 is 2.63 bits per heavy atom. The molecule has 2 aromatic rings. The molecule has 4 nitrogen and oxygen atoms in total. The van der Waals surface area contributed by atoms with E-state index in [1.54, 1.807) is 18.0 Å².